The highest BCUT2D eigenvalue weighted by atomic mass is 32.1. The van der Waals surface area contributed by atoms with Crippen molar-refractivity contribution < 1.29 is 4.79 Å². The standard InChI is InChI=1S/C13H20N2OS/c1-12(2)6-4-7-13(12,11(14)16)15-9-10-5-3-8-17-10/h3,5,8,15H,4,6-7,9H2,1-2H3,(H2,14,16). The molecule has 1 fully saturated rings. The van der Waals surface area contributed by atoms with E-state index >= 15 is 0 Å². The van der Waals surface area contributed by atoms with Gasteiger partial charge in [0.05, 0.1) is 0 Å². The van der Waals surface area contributed by atoms with Gasteiger partial charge in [-0.1, -0.05) is 26.3 Å². The maximum absolute atomic E-state index is 11.9. The van der Waals surface area contributed by atoms with Crippen molar-refractivity contribution in [1.29, 1.82) is 0 Å². The number of primary amides is 1. The zero-order valence-electron chi connectivity index (χ0n) is 10.5. The van der Waals surface area contributed by atoms with E-state index in [9.17, 15) is 4.79 Å². The van der Waals surface area contributed by atoms with Gasteiger partial charge in [0.2, 0.25) is 5.91 Å². The second-order valence-electron chi connectivity index (χ2n) is 5.44. The number of thiophene rings is 1. The summed E-state index contributed by atoms with van der Waals surface area (Å²) in [6.45, 7) is 4.99. The Bertz CT molecular complexity index is 400. The summed E-state index contributed by atoms with van der Waals surface area (Å²) in [5.41, 5.74) is 5.05. The highest BCUT2D eigenvalue weighted by Crippen LogP contribution is 2.46. The van der Waals surface area contributed by atoms with Crippen LogP contribution in [-0.2, 0) is 11.3 Å². The van der Waals surface area contributed by atoms with Crippen LogP contribution in [0.15, 0.2) is 17.5 Å². The van der Waals surface area contributed by atoms with Crippen molar-refractivity contribution in [1.82, 2.24) is 5.32 Å². The number of carbonyl (C=O) groups excluding carboxylic acids is 1. The monoisotopic (exact) mass is 252 g/mol. The minimum Gasteiger partial charge on any atom is -0.368 e. The number of nitrogens with two attached hydrogens (primary N) is 1. The molecule has 0 aliphatic heterocycles. The quantitative estimate of drug-likeness (QED) is 0.863. The molecular formula is C13H20N2OS. The molecule has 0 saturated heterocycles. The highest BCUT2D eigenvalue weighted by Gasteiger charge is 2.52. The van der Waals surface area contributed by atoms with Crippen LogP contribution < -0.4 is 11.1 Å². The van der Waals surface area contributed by atoms with Crippen molar-refractivity contribution in [2.24, 2.45) is 11.1 Å². The largest absolute Gasteiger partial charge is 0.368 e. The third kappa shape index (κ3) is 2.11. The molecule has 17 heavy (non-hydrogen) atoms. The summed E-state index contributed by atoms with van der Waals surface area (Å²) in [4.78, 5) is 13.1. The van der Waals surface area contributed by atoms with Crippen molar-refractivity contribution in [3.05, 3.63) is 22.4 Å². The molecule has 2 rings (SSSR count). The van der Waals surface area contributed by atoms with Gasteiger partial charge in [-0.2, -0.15) is 0 Å². The second-order valence-corrected chi connectivity index (χ2v) is 6.47. The molecule has 94 valence electrons. The van der Waals surface area contributed by atoms with Gasteiger partial charge >= 0.3 is 0 Å². The predicted octanol–water partition coefficient (Wildman–Crippen LogP) is 2.27. The fourth-order valence-corrected chi connectivity index (χ4v) is 3.51. The lowest BCUT2D eigenvalue weighted by molar-refractivity contribution is -0.128. The maximum atomic E-state index is 11.9. The lowest BCUT2D eigenvalue weighted by Gasteiger charge is -2.39. The lowest BCUT2D eigenvalue weighted by atomic mass is 9.74. The van der Waals surface area contributed by atoms with Crippen LogP contribution in [0.3, 0.4) is 0 Å². The third-order valence-electron chi connectivity index (χ3n) is 4.07. The number of carbonyl (C=O) groups is 1. The van der Waals surface area contributed by atoms with Crippen LogP contribution in [0, 0.1) is 5.41 Å². The van der Waals surface area contributed by atoms with Crippen LogP contribution in [0.4, 0.5) is 0 Å². The van der Waals surface area contributed by atoms with Crippen LogP contribution in [0.25, 0.3) is 0 Å². The molecule has 3 N–H and O–H groups in total. The molecule has 1 aromatic rings. The van der Waals surface area contributed by atoms with Crippen molar-refractivity contribution in [3.63, 3.8) is 0 Å². The molecule has 4 heteroatoms. The Morgan fingerprint density at radius 3 is 2.76 bits per heavy atom. The number of hydrogen-bond acceptors (Lipinski definition) is 3. The molecule has 3 nitrogen and oxygen atoms in total. The Kier molecular flexibility index (Phi) is 3.27. The van der Waals surface area contributed by atoms with Gasteiger partial charge < -0.3 is 5.73 Å². The molecule has 0 bridgehead atoms. The van der Waals surface area contributed by atoms with E-state index in [2.05, 4.69) is 25.2 Å². The molecule has 0 spiro atoms. The molecule has 1 unspecified atom stereocenters. The molecule has 1 saturated carbocycles. The van der Waals surface area contributed by atoms with E-state index in [0.717, 1.165) is 25.8 Å². The minimum atomic E-state index is -0.545. The number of amides is 1. The Balaban J connectivity index is 2.15. The molecular weight excluding hydrogens is 232 g/mol. The first-order valence-electron chi connectivity index (χ1n) is 6.05. The van der Waals surface area contributed by atoms with Crippen molar-refractivity contribution in [2.75, 3.05) is 0 Å². The fourth-order valence-electron chi connectivity index (χ4n) is 2.87. The summed E-state index contributed by atoms with van der Waals surface area (Å²) >= 11 is 1.70. The summed E-state index contributed by atoms with van der Waals surface area (Å²) in [7, 11) is 0. The Morgan fingerprint density at radius 1 is 1.53 bits per heavy atom. The topological polar surface area (TPSA) is 55.1 Å². The van der Waals surface area contributed by atoms with Gasteiger partial charge in [0, 0.05) is 11.4 Å². The Labute approximate surface area is 106 Å². The van der Waals surface area contributed by atoms with Crippen LogP contribution in [0.2, 0.25) is 0 Å². The third-order valence-corrected chi connectivity index (χ3v) is 4.95. The lowest BCUT2D eigenvalue weighted by Crippen LogP contribution is -2.61. The molecule has 1 heterocycles. The summed E-state index contributed by atoms with van der Waals surface area (Å²) in [5, 5.41) is 5.47. The average molecular weight is 252 g/mol. The van der Waals surface area contributed by atoms with Gasteiger partial charge in [0.1, 0.15) is 5.54 Å². The Morgan fingerprint density at radius 2 is 2.29 bits per heavy atom. The highest BCUT2D eigenvalue weighted by molar-refractivity contribution is 7.09. The van der Waals surface area contributed by atoms with Crippen LogP contribution >= 0.6 is 11.3 Å². The molecule has 1 aliphatic rings. The maximum Gasteiger partial charge on any atom is 0.238 e. The Hall–Kier alpha value is -0.870. The van der Waals surface area contributed by atoms with Crippen LogP contribution in [0.5, 0.6) is 0 Å². The van der Waals surface area contributed by atoms with Gasteiger partial charge in [0.15, 0.2) is 0 Å². The SMILES string of the molecule is CC1(C)CCCC1(NCc1cccs1)C(N)=O. The van der Waals surface area contributed by atoms with Crippen LogP contribution in [-0.4, -0.2) is 11.4 Å². The van der Waals surface area contributed by atoms with E-state index < -0.39 is 5.54 Å². The molecule has 0 radical (unpaired) electrons. The first-order chi connectivity index (χ1) is 7.98. The van der Waals surface area contributed by atoms with E-state index in [-0.39, 0.29) is 11.3 Å². The summed E-state index contributed by atoms with van der Waals surface area (Å²) in [6, 6.07) is 4.10. The number of rotatable bonds is 4. The van der Waals surface area contributed by atoms with E-state index in [4.69, 9.17) is 5.73 Å². The van der Waals surface area contributed by atoms with Gasteiger partial charge in [-0.3, -0.25) is 10.1 Å². The van der Waals surface area contributed by atoms with Gasteiger partial charge in [-0.15, -0.1) is 11.3 Å². The van der Waals surface area contributed by atoms with Crippen molar-refractivity contribution in [2.45, 2.75) is 45.2 Å². The predicted molar refractivity (Wildman–Crippen MR) is 70.7 cm³/mol. The van der Waals surface area contributed by atoms with Crippen molar-refractivity contribution >= 4 is 17.2 Å². The number of nitrogens with one attached hydrogen (secondary N) is 1. The average Bonchev–Trinajstić information content (AvgIpc) is 2.83. The molecule has 1 aromatic heterocycles. The van der Waals surface area contributed by atoms with E-state index in [0.29, 0.717) is 0 Å². The zero-order valence-corrected chi connectivity index (χ0v) is 11.3. The molecule has 1 atom stereocenters. The van der Waals surface area contributed by atoms with Gasteiger partial charge in [-0.25, -0.2) is 0 Å². The first kappa shape index (κ1) is 12.6. The molecule has 1 aliphatic carbocycles. The first-order valence-corrected chi connectivity index (χ1v) is 6.93. The normalized spacial score (nSPS) is 27.2. The molecule has 0 aromatic carbocycles. The van der Waals surface area contributed by atoms with E-state index in [1.165, 1.54) is 4.88 Å². The summed E-state index contributed by atoms with van der Waals surface area (Å²) < 4.78 is 0. The van der Waals surface area contributed by atoms with E-state index in [1.54, 1.807) is 11.3 Å². The van der Waals surface area contributed by atoms with Crippen LogP contribution in [0.1, 0.15) is 38.0 Å². The zero-order chi connectivity index (χ0) is 12.5. The summed E-state index contributed by atoms with van der Waals surface area (Å²) in [5.74, 6) is -0.212. The molecule has 1 amide bonds. The fraction of sp³-hybridized carbons (Fsp3) is 0.615. The van der Waals surface area contributed by atoms with Gasteiger partial charge in [0.25, 0.3) is 0 Å². The van der Waals surface area contributed by atoms with E-state index in [1.807, 2.05) is 11.4 Å². The second kappa shape index (κ2) is 4.42. The summed E-state index contributed by atoms with van der Waals surface area (Å²) in [6.07, 6.45) is 2.96. The number of hydrogen-bond donors (Lipinski definition) is 2. The smallest absolute Gasteiger partial charge is 0.238 e. The minimum absolute atomic E-state index is 0.0594. The van der Waals surface area contributed by atoms with Gasteiger partial charge in [-0.05, 0) is 29.7 Å². The van der Waals surface area contributed by atoms with Crippen molar-refractivity contribution in [3.8, 4) is 0 Å².